The van der Waals surface area contributed by atoms with E-state index in [0.717, 1.165) is 22.7 Å². The van der Waals surface area contributed by atoms with Crippen LogP contribution in [0.4, 0.5) is 10.8 Å². The molecule has 3 aromatic rings. The lowest BCUT2D eigenvalue weighted by atomic mass is 10.2. The van der Waals surface area contributed by atoms with Gasteiger partial charge in [0.1, 0.15) is 5.75 Å². The second kappa shape index (κ2) is 9.19. The molecule has 28 heavy (non-hydrogen) atoms. The molecule has 0 spiro atoms. The van der Waals surface area contributed by atoms with Gasteiger partial charge in [0.2, 0.25) is 5.91 Å². The summed E-state index contributed by atoms with van der Waals surface area (Å²) in [7, 11) is 3.67. The number of rotatable bonds is 7. The zero-order chi connectivity index (χ0) is 20.1. The van der Waals surface area contributed by atoms with Gasteiger partial charge in [-0.25, -0.2) is 4.98 Å². The van der Waals surface area contributed by atoms with Crippen LogP contribution in [0.25, 0.3) is 0 Å². The SMILES string of the molecule is COc1ccc(Cl)cc1CN(C)Cc1csc(N(C(C)=O)c2ccccc2)n1. The number of ether oxygens (including phenoxy) is 1. The predicted molar refractivity (Wildman–Crippen MR) is 115 cm³/mol. The lowest BCUT2D eigenvalue weighted by Crippen LogP contribution is -2.23. The molecule has 0 saturated carbocycles. The third-order valence-corrected chi connectivity index (χ3v) is 5.28. The summed E-state index contributed by atoms with van der Waals surface area (Å²) in [4.78, 5) is 20.6. The Morgan fingerprint density at radius 1 is 1.18 bits per heavy atom. The van der Waals surface area contributed by atoms with Crippen LogP contribution in [0.2, 0.25) is 5.02 Å². The zero-order valence-corrected chi connectivity index (χ0v) is 17.6. The van der Waals surface area contributed by atoms with Gasteiger partial charge in [0.25, 0.3) is 0 Å². The molecule has 2 aromatic carbocycles. The van der Waals surface area contributed by atoms with E-state index < -0.39 is 0 Å². The molecule has 146 valence electrons. The average molecular weight is 416 g/mol. The molecule has 0 fully saturated rings. The van der Waals surface area contributed by atoms with Crippen molar-refractivity contribution in [3.8, 4) is 5.75 Å². The quantitative estimate of drug-likeness (QED) is 0.537. The number of amides is 1. The number of carbonyl (C=O) groups excluding carboxylic acids is 1. The fraction of sp³-hybridized carbons (Fsp3) is 0.238. The van der Waals surface area contributed by atoms with Crippen LogP contribution in [0.15, 0.2) is 53.9 Å². The number of carbonyl (C=O) groups is 1. The van der Waals surface area contributed by atoms with Crippen molar-refractivity contribution in [3.63, 3.8) is 0 Å². The maximum absolute atomic E-state index is 12.2. The Hall–Kier alpha value is -2.41. The molecule has 0 bridgehead atoms. The Morgan fingerprint density at radius 2 is 1.93 bits per heavy atom. The molecule has 0 aliphatic carbocycles. The molecule has 1 heterocycles. The Balaban J connectivity index is 1.73. The van der Waals surface area contributed by atoms with Crippen LogP contribution >= 0.6 is 22.9 Å². The van der Waals surface area contributed by atoms with Gasteiger partial charge in [0.15, 0.2) is 5.13 Å². The van der Waals surface area contributed by atoms with Gasteiger partial charge in [0, 0.05) is 36.0 Å². The normalized spacial score (nSPS) is 10.9. The van der Waals surface area contributed by atoms with Crippen molar-refractivity contribution in [2.75, 3.05) is 19.1 Å². The van der Waals surface area contributed by atoms with E-state index in [1.54, 1.807) is 18.9 Å². The molecule has 0 atom stereocenters. The van der Waals surface area contributed by atoms with Crippen LogP contribution in [0.5, 0.6) is 5.75 Å². The van der Waals surface area contributed by atoms with Gasteiger partial charge in [-0.05, 0) is 37.4 Å². The highest BCUT2D eigenvalue weighted by Gasteiger charge is 2.18. The summed E-state index contributed by atoms with van der Waals surface area (Å²) in [6.07, 6.45) is 0. The molecule has 3 rings (SSSR count). The van der Waals surface area contributed by atoms with Crippen LogP contribution < -0.4 is 9.64 Å². The fourth-order valence-corrected chi connectivity index (χ4v) is 4.04. The van der Waals surface area contributed by atoms with E-state index in [0.29, 0.717) is 23.2 Å². The number of nitrogens with zero attached hydrogens (tertiary/aromatic N) is 3. The molecule has 0 aliphatic rings. The van der Waals surface area contributed by atoms with Crippen molar-refractivity contribution in [2.45, 2.75) is 20.0 Å². The van der Waals surface area contributed by atoms with Gasteiger partial charge < -0.3 is 4.74 Å². The molecule has 0 saturated heterocycles. The molecule has 1 aromatic heterocycles. The first-order valence-corrected chi connectivity index (χ1v) is 10.0. The first-order valence-electron chi connectivity index (χ1n) is 8.79. The number of benzene rings is 2. The number of anilines is 2. The zero-order valence-electron chi connectivity index (χ0n) is 16.1. The van der Waals surface area contributed by atoms with Crippen LogP contribution in [-0.4, -0.2) is 29.9 Å². The third-order valence-electron chi connectivity index (χ3n) is 4.17. The number of hydrogen-bond donors (Lipinski definition) is 0. The van der Waals surface area contributed by atoms with Gasteiger partial charge in [-0.15, -0.1) is 11.3 Å². The molecule has 1 amide bonds. The Morgan fingerprint density at radius 3 is 2.61 bits per heavy atom. The number of halogens is 1. The summed E-state index contributed by atoms with van der Waals surface area (Å²) in [6, 6.07) is 15.1. The van der Waals surface area contributed by atoms with Crippen molar-refractivity contribution in [1.82, 2.24) is 9.88 Å². The summed E-state index contributed by atoms with van der Waals surface area (Å²) in [5.74, 6) is 0.742. The minimum absolute atomic E-state index is 0.0656. The van der Waals surface area contributed by atoms with E-state index in [4.69, 9.17) is 16.3 Å². The minimum Gasteiger partial charge on any atom is -0.496 e. The number of para-hydroxylation sites is 1. The summed E-state index contributed by atoms with van der Waals surface area (Å²) >= 11 is 7.58. The summed E-state index contributed by atoms with van der Waals surface area (Å²) in [5.41, 5.74) is 2.74. The molecule has 0 unspecified atom stereocenters. The van der Waals surface area contributed by atoms with Crippen LogP contribution in [-0.2, 0) is 17.9 Å². The van der Waals surface area contributed by atoms with E-state index in [1.165, 1.54) is 11.3 Å². The van der Waals surface area contributed by atoms with Crippen molar-refractivity contribution >= 4 is 39.7 Å². The maximum atomic E-state index is 12.2. The van der Waals surface area contributed by atoms with E-state index in [1.807, 2.05) is 61.0 Å². The molecule has 7 heteroatoms. The average Bonchev–Trinajstić information content (AvgIpc) is 3.10. The predicted octanol–water partition coefficient (Wildman–Crippen LogP) is 5.12. The Labute approximate surface area is 174 Å². The van der Waals surface area contributed by atoms with Crippen molar-refractivity contribution in [2.24, 2.45) is 0 Å². The second-order valence-corrected chi connectivity index (χ2v) is 7.71. The largest absolute Gasteiger partial charge is 0.496 e. The lowest BCUT2D eigenvalue weighted by Gasteiger charge is -2.19. The van der Waals surface area contributed by atoms with Gasteiger partial charge >= 0.3 is 0 Å². The maximum Gasteiger partial charge on any atom is 0.230 e. The van der Waals surface area contributed by atoms with Gasteiger partial charge in [-0.3, -0.25) is 14.6 Å². The van der Waals surface area contributed by atoms with Crippen LogP contribution in [0, 0.1) is 0 Å². The molecular weight excluding hydrogens is 394 g/mol. The highest BCUT2D eigenvalue weighted by atomic mass is 35.5. The van der Waals surface area contributed by atoms with Crippen molar-refractivity contribution < 1.29 is 9.53 Å². The topological polar surface area (TPSA) is 45.7 Å². The van der Waals surface area contributed by atoms with E-state index in [2.05, 4.69) is 9.88 Å². The third kappa shape index (κ3) is 4.90. The fourth-order valence-electron chi connectivity index (χ4n) is 2.97. The highest BCUT2D eigenvalue weighted by molar-refractivity contribution is 7.14. The lowest BCUT2D eigenvalue weighted by molar-refractivity contribution is -0.115. The van der Waals surface area contributed by atoms with Crippen LogP contribution in [0.3, 0.4) is 0 Å². The van der Waals surface area contributed by atoms with Gasteiger partial charge in [-0.2, -0.15) is 0 Å². The number of hydrogen-bond acceptors (Lipinski definition) is 5. The summed E-state index contributed by atoms with van der Waals surface area (Å²) in [5, 5.41) is 3.34. The molecule has 0 aliphatic heterocycles. The van der Waals surface area contributed by atoms with Gasteiger partial charge in [-0.1, -0.05) is 29.8 Å². The first-order chi connectivity index (χ1) is 13.5. The minimum atomic E-state index is -0.0656. The van der Waals surface area contributed by atoms with Crippen LogP contribution in [0.1, 0.15) is 18.2 Å². The Kier molecular flexibility index (Phi) is 6.67. The highest BCUT2D eigenvalue weighted by Crippen LogP contribution is 2.29. The number of aromatic nitrogens is 1. The number of methoxy groups -OCH3 is 1. The molecule has 0 radical (unpaired) electrons. The monoisotopic (exact) mass is 415 g/mol. The smallest absolute Gasteiger partial charge is 0.230 e. The molecule has 5 nitrogen and oxygen atoms in total. The van der Waals surface area contributed by atoms with Crippen molar-refractivity contribution in [3.05, 3.63) is 70.2 Å². The van der Waals surface area contributed by atoms with E-state index in [-0.39, 0.29) is 5.91 Å². The molecule has 0 N–H and O–H groups in total. The summed E-state index contributed by atoms with van der Waals surface area (Å²) < 4.78 is 5.42. The first kappa shape index (κ1) is 20.3. The van der Waals surface area contributed by atoms with Gasteiger partial charge in [0.05, 0.1) is 18.5 Å². The van der Waals surface area contributed by atoms with Crippen molar-refractivity contribution in [1.29, 1.82) is 0 Å². The summed E-state index contributed by atoms with van der Waals surface area (Å²) in [6.45, 7) is 2.87. The van der Waals surface area contributed by atoms with E-state index in [9.17, 15) is 4.79 Å². The Bertz CT molecular complexity index is 946. The van der Waals surface area contributed by atoms with E-state index >= 15 is 0 Å². The standard InChI is InChI=1S/C21H22ClN3O2S/c1-15(26)25(19-7-5-4-6-8-19)21-23-18(14-28-21)13-24(2)12-16-11-17(22)9-10-20(16)27-3/h4-11,14H,12-13H2,1-3H3. The second-order valence-electron chi connectivity index (χ2n) is 6.44. The molecular formula is C21H22ClN3O2S. The number of thiazole rings is 1.